The zero-order valence-electron chi connectivity index (χ0n) is 13.3. The minimum absolute atomic E-state index is 0.0714. The fourth-order valence-corrected chi connectivity index (χ4v) is 2.50. The van der Waals surface area contributed by atoms with Gasteiger partial charge in [-0.1, -0.05) is 30.0 Å². The number of nitrogens with zero attached hydrogens (tertiary/aromatic N) is 2. The fourth-order valence-electron chi connectivity index (χ4n) is 1.92. The average Bonchev–Trinajstić information content (AvgIpc) is 3.09. The van der Waals surface area contributed by atoms with E-state index in [-0.39, 0.29) is 29.2 Å². The van der Waals surface area contributed by atoms with Gasteiger partial charge in [-0.3, -0.25) is 4.79 Å². The van der Waals surface area contributed by atoms with Crippen LogP contribution < -0.4 is 10.1 Å². The SMILES string of the molecule is O=C(CSc1nnc(COc2ccccc2)o1)Nc1ccc(F)cc1F. The number of carbonyl (C=O) groups excluding carboxylic acids is 1. The van der Waals surface area contributed by atoms with Gasteiger partial charge in [0, 0.05) is 6.07 Å². The molecular weight excluding hydrogens is 364 g/mol. The normalized spacial score (nSPS) is 10.5. The first kappa shape index (κ1) is 17.9. The number of hydrogen-bond donors (Lipinski definition) is 1. The average molecular weight is 377 g/mol. The molecule has 3 aromatic rings. The van der Waals surface area contributed by atoms with Crippen LogP contribution in [-0.2, 0) is 11.4 Å². The van der Waals surface area contributed by atoms with Crippen LogP contribution in [0.1, 0.15) is 5.89 Å². The molecule has 2 aromatic carbocycles. The van der Waals surface area contributed by atoms with Crippen molar-refractivity contribution in [2.45, 2.75) is 11.8 Å². The van der Waals surface area contributed by atoms with Crippen molar-refractivity contribution in [1.29, 1.82) is 0 Å². The molecule has 0 fully saturated rings. The van der Waals surface area contributed by atoms with E-state index in [1.807, 2.05) is 18.2 Å². The molecule has 0 aliphatic rings. The van der Waals surface area contributed by atoms with Gasteiger partial charge in [-0.25, -0.2) is 8.78 Å². The topological polar surface area (TPSA) is 77.2 Å². The van der Waals surface area contributed by atoms with Crippen molar-refractivity contribution in [2.24, 2.45) is 0 Å². The van der Waals surface area contributed by atoms with Crippen molar-refractivity contribution < 1.29 is 22.7 Å². The summed E-state index contributed by atoms with van der Waals surface area (Å²) in [5.74, 6) is -1.19. The largest absolute Gasteiger partial charge is 0.484 e. The maximum absolute atomic E-state index is 13.5. The van der Waals surface area contributed by atoms with Gasteiger partial charge in [0.2, 0.25) is 5.91 Å². The minimum Gasteiger partial charge on any atom is -0.484 e. The van der Waals surface area contributed by atoms with E-state index in [1.165, 1.54) is 0 Å². The number of thioether (sulfide) groups is 1. The second-order valence-electron chi connectivity index (χ2n) is 5.02. The van der Waals surface area contributed by atoms with Crippen LogP contribution >= 0.6 is 11.8 Å². The summed E-state index contributed by atoms with van der Waals surface area (Å²) < 4.78 is 37.2. The van der Waals surface area contributed by atoms with Gasteiger partial charge in [-0.15, -0.1) is 10.2 Å². The predicted octanol–water partition coefficient (Wildman–Crippen LogP) is 3.66. The summed E-state index contributed by atoms with van der Waals surface area (Å²) in [6.45, 7) is 0.102. The van der Waals surface area contributed by atoms with Gasteiger partial charge in [0.05, 0.1) is 11.4 Å². The van der Waals surface area contributed by atoms with E-state index >= 15 is 0 Å². The molecule has 0 aliphatic heterocycles. The molecule has 3 rings (SSSR count). The molecule has 9 heteroatoms. The molecule has 0 spiro atoms. The van der Waals surface area contributed by atoms with Crippen LogP contribution in [0, 0.1) is 11.6 Å². The Hall–Kier alpha value is -2.94. The van der Waals surface area contributed by atoms with Gasteiger partial charge < -0.3 is 14.5 Å². The Bertz CT molecular complexity index is 890. The molecule has 1 amide bonds. The highest BCUT2D eigenvalue weighted by Gasteiger charge is 2.12. The van der Waals surface area contributed by atoms with Crippen LogP contribution in [-0.4, -0.2) is 21.9 Å². The number of para-hydroxylation sites is 1. The lowest BCUT2D eigenvalue weighted by Gasteiger charge is -2.05. The summed E-state index contributed by atoms with van der Waals surface area (Å²) in [7, 11) is 0. The maximum atomic E-state index is 13.5. The summed E-state index contributed by atoms with van der Waals surface area (Å²) in [6.07, 6.45) is 0. The van der Waals surface area contributed by atoms with E-state index < -0.39 is 17.5 Å². The smallest absolute Gasteiger partial charge is 0.277 e. The Labute approximate surface area is 151 Å². The summed E-state index contributed by atoms with van der Waals surface area (Å²) in [5, 5.41) is 10.2. The molecule has 1 aromatic heterocycles. The number of rotatable bonds is 7. The standard InChI is InChI=1S/C17H13F2N3O3S/c18-11-6-7-14(13(19)8-11)20-15(23)10-26-17-22-21-16(25-17)9-24-12-4-2-1-3-5-12/h1-8H,9-10H2,(H,20,23). The number of anilines is 1. The third-order valence-corrected chi connectivity index (χ3v) is 3.90. The monoisotopic (exact) mass is 377 g/mol. The summed E-state index contributed by atoms with van der Waals surface area (Å²) in [5.41, 5.74) is -0.0977. The van der Waals surface area contributed by atoms with Gasteiger partial charge in [-0.05, 0) is 24.3 Å². The number of aromatic nitrogens is 2. The maximum Gasteiger partial charge on any atom is 0.277 e. The first-order chi connectivity index (χ1) is 12.6. The number of nitrogens with one attached hydrogen (secondary N) is 1. The molecule has 26 heavy (non-hydrogen) atoms. The van der Waals surface area contributed by atoms with Crippen LogP contribution in [0.15, 0.2) is 58.2 Å². The van der Waals surface area contributed by atoms with Crippen molar-refractivity contribution >= 4 is 23.4 Å². The first-order valence-corrected chi connectivity index (χ1v) is 8.46. The molecular formula is C17H13F2N3O3S. The zero-order valence-corrected chi connectivity index (χ0v) is 14.1. The molecule has 0 atom stereocenters. The van der Waals surface area contributed by atoms with Gasteiger partial charge in [0.15, 0.2) is 6.61 Å². The summed E-state index contributed by atoms with van der Waals surface area (Å²) in [6, 6.07) is 12.1. The van der Waals surface area contributed by atoms with Gasteiger partial charge in [0.1, 0.15) is 17.4 Å². The molecule has 6 nitrogen and oxygen atoms in total. The third-order valence-electron chi connectivity index (χ3n) is 3.09. The van der Waals surface area contributed by atoms with E-state index in [2.05, 4.69) is 15.5 Å². The van der Waals surface area contributed by atoms with Crippen molar-refractivity contribution in [1.82, 2.24) is 10.2 Å². The number of hydrogen-bond acceptors (Lipinski definition) is 6. The van der Waals surface area contributed by atoms with Crippen LogP contribution in [0.2, 0.25) is 0 Å². The second-order valence-corrected chi connectivity index (χ2v) is 5.95. The number of carbonyl (C=O) groups is 1. The van der Waals surface area contributed by atoms with Gasteiger partial charge >= 0.3 is 0 Å². The molecule has 0 saturated carbocycles. The molecule has 0 radical (unpaired) electrons. The zero-order chi connectivity index (χ0) is 18.4. The minimum atomic E-state index is -0.846. The quantitative estimate of drug-likeness (QED) is 0.633. The van der Waals surface area contributed by atoms with E-state index in [0.717, 1.165) is 23.9 Å². The Kier molecular flexibility index (Phi) is 5.80. The van der Waals surface area contributed by atoms with E-state index in [0.29, 0.717) is 11.8 Å². The summed E-state index contributed by atoms with van der Waals surface area (Å²) >= 11 is 0.995. The van der Waals surface area contributed by atoms with Gasteiger partial charge in [0.25, 0.3) is 11.1 Å². The van der Waals surface area contributed by atoms with Crippen molar-refractivity contribution in [3.8, 4) is 5.75 Å². The lowest BCUT2D eigenvalue weighted by Crippen LogP contribution is -2.15. The fraction of sp³-hybridized carbons (Fsp3) is 0.118. The van der Waals surface area contributed by atoms with Crippen LogP contribution in [0.3, 0.4) is 0 Å². The molecule has 1 heterocycles. The number of halogens is 2. The Morgan fingerprint density at radius 2 is 1.96 bits per heavy atom. The van der Waals surface area contributed by atoms with Crippen LogP contribution in [0.25, 0.3) is 0 Å². The lowest BCUT2D eigenvalue weighted by atomic mass is 10.3. The molecule has 0 bridgehead atoms. The van der Waals surface area contributed by atoms with Crippen molar-refractivity contribution in [2.75, 3.05) is 11.1 Å². The second kappa shape index (κ2) is 8.43. The van der Waals surface area contributed by atoms with Crippen molar-refractivity contribution in [3.05, 3.63) is 66.1 Å². The third kappa shape index (κ3) is 5.03. The highest BCUT2D eigenvalue weighted by Crippen LogP contribution is 2.19. The van der Waals surface area contributed by atoms with Crippen molar-refractivity contribution in [3.63, 3.8) is 0 Å². The number of ether oxygens (including phenoxy) is 1. The van der Waals surface area contributed by atoms with Crippen LogP contribution in [0.4, 0.5) is 14.5 Å². The predicted molar refractivity (Wildman–Crippen MR) is 90.8 cm³/mol. The lowest BCUT2D eigenvalue weighted by molar-refractivity contribution is -0.113. The Balaban J connectivity index is 1.47. The molecule has 134 valence electrons. The Morgan fingerprint density at radius 1 is 1.15 bits per heavy atom. The van der Waals surface area contributed by atoms with E-state index in [1.54, 1.807) is 12.1 Å². The molecule has 1 N–H and O–H groups in total. The highest BCUT2D eigenvalue weighted by atomic mass is 32.2. The first-order valence-electron chi connectivity index (χ1n) is 7.48. The highest BCUT2D eigenvalue weighted by molar-refractivity contribution is 7.99. The summed E-state index contributed by atoms with van der Waals surface area (Å²) in [4.78, 5) is 11.8. The van der Waals surface area contributed by atoms with Gasteiger partial charge in [-0.2, -0.15) is 0 Å². The molecule has 0 saturated heterocycles. The van der Waals surface area contributed by atoms with E-state index in [4.69, 9.17) is 9.15 Å². The molecule has 0 aliphatic carbocycles. The molecule has 0 unspecified atom stereocenters. The Morgan fingerprint density at radius 3 is 2.73 bits per heavy atom. The van der Waals surface area contributed by atoms with E-state index in [9.17, 15) is 13.6 Å². The number of amides is 1. The number of benzene rings is 2. The van der Waals surface area contributed by atoms with Crippen LogP contribution in [0.5, 0.6) is 5.75 Å².